The van der Waals surface area contributed by atoms with Crippen molar-refractivity contribution in [3.63, 3.8) is 0 Å². The fourth-order valence-corrected chi connectivity index (χ4v) is 9.06. The topological polar surface area (TPSA) is 81.2 Å². The zero-order chi connectivity index (χ0) is 31.4. The lowest BCUT2D eigenvalue weighted by atomic mass is 9.82. The third-order valence-corrected chi connectivity index (χ3v) is 11.1. The first-order chi connectivity index (χ1) is 22.3. The van der Waals surface area contributed by atoms with Gasteiger partial charge in [0, 0.05) is 59.2 Å². The Bertz CT molecular complexity index is 1900. The van der Waals surface area contributed by atoms with E-state index in [4.69, 9.17) is 0 Å². The van der Waals surface area contributed by atoms with Crippen molar-refractivity contribution in [1.29, 1.82) is 0 Å². The average Bonchev–Trinajstić information content (AvgIpc) is 3.05. The largest absolute Gasteiger partial charge is 0.306 e. The van der Waals surface area contributed by atoms with Gasteiger partial charge in [0.25, 0.3) is 23.6 Å². The summed E-state index contributed by atoms with van der Waals surface area (Å²) < 4.78 is 0. The van der Waals surface area contributed by atoms with Gasteiger partial charge in [-0.05, 0) is 121 Å². The van der Waals surface area contributed by atoms with E-state index in [-0.39, 0.29) is 35.5 Å². The summed E-state index contributed by atoms with van der Waals surface area (Å²) in [6.07, 6.45) is 4.15. The van der Waals surface area contributed by atoms with E-state index < -0.39 is 0 Å². The molecule has 8 heteroatoms. The molecule has 46 heavy (non-hydrogen) atoms. The van der Waals surface area contributed by atoms with Crippen LogP contribution in [0.4, 0.5) is 0 Å². The zero-order valence-corrected chi connectivity index (χ0v) is 26.3. The van der Waals surface area contributed by atoms with Crippen LogP contribution in [0.2, 0.25) is 0 Å². The van der Waals surface area contributed by atoms with E-state index in [2.05, 4.69) is 23.9 Å². The van der Waals surface area contributed by atoms with Crippen LogP contribution in [0.1, 0.15) is 67.1 Å². The van der Waals surface area contributed by atoms with Gasteiger partial charge in [-0.25, -0.2) is 0 Å². The number of likely N-dealkylation sites (tertiary alicyclic amines) is 2. The number of hydrogen-bond acceptors (Lipinski definition) is 6. The summed E-state index contributed by atoms with van der Waals surface area (Å²) in [6, 6.07) is 15.4. The lowest BCUT2D eigenvalue weighted by molar-refractivity contribution is 0.0541. The number of amides is 4. The molecule has 232 valence electrons. The molecular formula is C38H36N4O4. The number of nitrogens with zero attached hydrogens (tertiary/aromatic N) is 4. The van der Waals surface area contributed by atoms with Crippen LogP contribution in [0.25, 0.3) is 43.1 Å². The Morgan fingerprint density at radius 2 is 0.826 bits per heavy atom. The second-order valence-electron chi connectivity index (χ2n) is 14.1. The highest BCUT2D eigenvalue weighted by Crippen LogP contribution is 2.46. The molecule has 0 radical (unpaired) electrons. The molecule has 0 bridgehead atoms. The molecule has 2 saturated heterocycles. The molecule has 4 aliphatic heterocycles. The first-order valence-electron chi connectivity index (χ1n) is 16.6. The maximum absolute atomic E-state index is 13.9. The van der Waals surface area contributed by atoms with Crippen molar-refractivity contribution >= 4 is 66.7 Å². The van der Waals surface area contributed by atoms with Gasteiger partial charge in [-0.3, -0.25) is 29.0 Å². The third kappa shape index (κ3) is 3.86. The molecule has 5 aromatic rings. The van der Waals surface area contributed by atoms with Gasteiger partial charge in [0.05, 0.1) is 0 Å². The summed E-state index contributed by atoms with van der Waals surface area (Å²) in [5.41, 5.74) is 2.23. The normalized spacial score (nSPS) is 22.8. The van der Waals surface area contributed by atoms with Crippen LogP contribution in [0.15, 0.2) is 48.5 Å². The molecule has 0 aliphatic carbocycles. The molecule has 4 amide bonds. The Morgan fingerprint density at radius 1 is 0.500 bits per heavy atom. The molecule has 9 rings (SSSR count). The molecular weight excluding hydrogens is 576 g/mol. The van der Waals surface area contributed by atoms with Gasteiger partial charge in [0.2, 0.25) is 0 Å². The standard InChI is InChI=1S/C38H36N4O4/c1-39-15-3-5-21(17-39)19-41-35(43)27-11-7-23-25-9-13-29-34-30(38(46)42(37(29)45)20-22-6-4-16-40(2)18-22)14-10-26(32(25)34)24-8-12-28(36(41)44)33(27)31(23)24/h7-14,21-22H,3-6,15-20H2,1-2H3. The first kappa shape index (κ1) is 27.9. The molecule has 2 atom stereocenters. The predicted molar refractivity (Wildman–Crippen MR) is 179 cm³/mol. The Morgan fingerprint density at radius 3 is 1.13 bits per heavy atom. The van der Waals surface area contributed by atoms with E-state index in [9.17, 15) is 19.2 Å². The maximum atomic E-state index is 13.9. The summed E-state index contributed by atoms with van der Waals surface area (Å²) in [5, 5.41) is 6.87. The fraction of sp³-hybridized carbons (Fsp3) is 0.368. The Hall–Kier alpha value is -4.40. The number of hydrogen-bond donors (Lipinski definition) is 0. The summed E-state index contributed by atoms with van der Waals surface area (Å²) in [4.78, 5) is 63.2. The van der Waals surface area contributed by atoms with Crippen LogP contribution in [0.3, 0.4) is 0 Å². The van der Waals surface area contributed by atoms with Crippen molar-refractivity contribution in [3.8, 4) is 0 Å². The highest BCUT2D eigenvalue weighted by atomic mass is 16.2. The second kappa shape index (κ2) is 10.0. The van der Waals surface area contributed by atoms with E-state index in [1.165, 1.54) is 9.80 Å². The van der Waals surface area contributed by atoms with Gasteiger partial charge in [0.1, 0.15) is 0 Å². The third-order valence-electron chi connectivity index (χ3n) is 11.1. The molecule has 0 spiro atoms. The van der Waals surface area contributed by atoms with Crippen molar-refractivity contribution in [2.75, 3.05) is 53.4 Å². The minimum absolute atomic E-state index is 0.231. The second-order valence-corrected chi connectivity index (χ2v) is 14.1. The molecule has 8 nitrogen and oxygen atoms in total. The fourth-order valence-electron chi connectivity index (χ4n) is 9.06. The molecule has 4 heterocycles. The number of carbonyl (C=O) groups excluding carboxylic acids is 4. The minimum Gasteiger partial charge on any atom is -0.306 e. The molecule has 5 aromatic carbocycles. The maximum Gasteiger partial charge on any atom is 0.261 e. The quantitative estimate of drug-likeness (QED) is 0.149. The van der Waals surface area contributed by atoms with E-state index in [1.54, 1.807) is 0 Å². The van der Waals surface area contributed by atoms with Crippen LogP contribution in [0, 0.1) is 11.8 Å². The van der Waals surface area contributed by atoms with Crippen molar-refractivity contribution in [2.24, 2.45) is 11.8 Å². The molecule has 0 N–H and O–H groups in total. The summed E-state index contributed by atoms with van der Waals surface area (Å²) in [6.45, 7) is 4.70. The van der Waals surface area contributed by atoms with E-state index in [1.807, 2.05) is 48.5 Å². The average molecular weight is 613 g/mol. The number of piperidine rings is 2. The molecule has 2 fully saturated rings. The summed E-state index contributed by atoms with van der Waals surface area (Å²) in [7, 11) is 4.18. The van der Waals surface area contributed by atoms with Gasteiger partial charge in [-0.1, -0.05) is 24.3 Å². The highest BCUT2D eigenvalue weighted by molar-refractivity contribution is 6.41. The zero-order valence-electron chi connectivity index (χ0n) is 26.3. The lowest BCUT2D eigenvalue weighted by Crippen LogP contribution is -2.46. The van der Waals surface area contributed by atoms with E-state index in [0.29, 0.717) is 46.1 Å². The Balaban J connectivity index is 1.18. The van der Waals surface area contributed by atoms with Gasteiger partial charge >= 0.3 is 0 Å². The number of carbonyl (C=O) groups is 4. The minimum atomic E-state index is -0.231. The van der Waals surface area contributed by atoms with E-state index >= 15 is 0 Å². The molecule has 0 aromatic heterocycles. The van der Waals surface area contributed by atoms with Crippen molar-refractivity contribution in [3.05, 3.63) is 70.8 Å². The van der Waals surface area contributed by atoms with Crippen molar-refractivity contribution in [1.82, 2.24) is 19.6 Å². The molecule has 0 saturated carbocycles. The highest BCUT2D eigenvalue weighted by Gasteiger charge is 2.38. The van der Waals surface area contributed by atoms with Crippen molar-refractivity contribution in [2.45, 2.75) is 25.7 Å². The predicted octanol–water partition coefficient (Wildman–Crippen LogP) is 5.61. The van der Waals surface area contributed by atoms with Crippen LogP contribution in [0.5, 0.6) is 0 Å². The Labute approximate surface area is 266 Å². The summed E-state index contributed by atoms with van der Waals surface area (Å²) in [5.74, 6) is -0.399. The van der Waals surface area contributed by atoms with Crippen LogP contribution >= 0.6 is 0 Å². The van der Waals surface area contributed by atoms with Gasteiger partial charge in [-0.2, -0.15) is 0 Å². The number of benzene rings is 5. The van der Waals surface area contributed by atoms with Gasteiger partial charge in [0.15, 0.2) is 0 Å². The number of rotatable bonds is 4. The van der Waals surface area contributed by atoms with Crippen LogP contribution in [-0.2, 0) is 0 Å². The molecule has 2 unspecified atom stereocenters. The summed E-state index contributed by atoms with van der Waals surface area (Å²) >= 11 is 0. The lowest BCUT2D eigenvalue weighted by Gasteiger charge is -2.35. The van der Waals surface area contributed by atoms with Gasteiger partial charge < -0.3 is 9.80 Å². The first-order valence-corrected chi connectivity index (χ1v) is 16.6. The Kier molecular flexibility index (Phi) is 6.09. The van der Waals surface area contributed by atoms with Crippen LogP contribution < -0.4 is 0 Å². The monoisotopic (exact) mass is 612 g/mol. The SMILES string of the molecule is CN1CCCC(CN2C(=O)c3ccc4c5ccc6c7c(ccc(c8ccc(c3c48)C2=O)c75)C(=O)N(CC2CCCN(C)C2)C6=O)C1. The number of fused-ring (bicyclic) bond motifs is 2. The van der Waals surface area contributed by atoms with E-state index in [0.717, 1.165) is 84.2 Å². The smallest absolute Gasteiger partial charge is 0.261 e. The van der Waals surface area contributed by atoms with Crippen molar-refractivity contribution < 1.29 is 19.2 Å². The number of imide groups is 2. The van der Waals surface area contributed by atoms with Gasteiger partial charge in [-0.15, -0.1) is 0 Å². The molecule has 4 aliphatic rings. The van der Waals surface area contributed by atoms with Crippen LogP contribution in [-0.4, -0.2) is 96.6 Å².